The zero-order chi connectivity index (χ0) is 19.3. The predicted molar refractivity (Wildman–Crippen MR) is 123 cm³/mol. The van der Waals surface area contributed by atoms with Crippen LogP contribution in [0.4, 0.5) is 0 Å². The van der Waals surface area contributed by atoms with Gasteiger partial charge in [-0.1, -0.05) is 58.0 Å². The van der Waals surface area contributed by atoms with Crippen LogP contribution in [0.25, 0.3) is 21.8 Å². The van der Waals surface area contributed by atoms with Gasteiger partial charge in [-0.05, 0) is 30.4 Å². The lowest BCUT2D eigenvalue weighted by Crippen LogP contribution is -1.93. The van der Waals surface area contributed by atoms with E-state index in [0.29, 0.717) is 0 Å². The highest BCUT2D eigenvalue weighted by Crippen LogP contribution is 2.44. The second-order valence-electron chi connectivity index (χ2n) is 6.13. The zero-order valence-electron chi connectivity index (χ0n) is 15.4. The molecule has 4 aromatic rings. The maximum Gasteiger partial charge on any atom is 0.143 e. The summed E-state index contributed by atoms with van der Waals surface area (Å²) in [6.45, 7) is 0. The average Bonchev–Trinajstić information content (AvgIpc) is 2.75. The van der Waals surface area contributed by atoms with Crippen LogP contribution >= 0.6 is 39.5 Å². The number of rotatable bonds is 7. The number of alkyl halides is 1. The van der Waals surface area contributed by atoms with Crippen molar-refractivity contribution in [3.05, 3.63) is 60.9 Å². The maximum atomic E-state index is 5.79. The number of halogens is 1. The highest BCUT2D eigenvalue weighted by molar-refractivity contribution is 9.09. The number of aromatic nitrogens is 2. The Balaban J connectivity index is 1.82. The molecule has 142 valence electrons. The molecule has 0 N–H and O–H groups in total. The third-order valence-corrected chi connectivity index (χ3v) is 7.30. The van der Waals surface area contributed by atoms with Crippen molar-refractivity contribution in [1.82, 2.24) is 9.97 Å². The molecule has 0 atom stereocenters. The van der Waals surface area contributed by atoms with E-state index in [1.807, 2.05) is 48.4 Å². The van der Waals surface area contributed by atoms with Gasteiger partial charge in [-0.15, -0.1) is 11.8 Å². The van der Waals surface area contributed by atoms with Crippen molar-refractivity contribution in [2.45, 2.75) is 21.1 Å². The Morgan fingerprint density at radius 1 is 0.893 bits per heavy atom. The molecular weight excluding hydrogens is 452 g/mol. The van der Waals surface area contributed by atoms with Gasteiger partial charge < -0.3 is 4.74 Å². The molecule has 6 heteroatoms. The number of para-hydroxylation sites is 2. The molecule has 0 aliphatic rings. The SMILES string of the molecule is COc1c(Sc2c(SCCCBr)cnc3ccccc23)cnc2ccccc12. The van der Waals surface area contributed by atoms with Gasteiger partial charge in [0.15, 0.2) is 0 Å². The molecule has 0 saturated carbocycles. The molecular formula is C22H19BrN2OS2. The number of fused-ring (bicyclic) bond motifs is 2. The van der Waals surface area contributed by atoms with Crippen molar-refractivity contribution in [2.75, 3.05) is 18.2 Å². The zero-order valence-corrected chi connectivity index (χ0v) is 18.6. The van der Waals surface area contributed by atoms with Gasteiger partial charge in [-0.3, -0.25) is 9.97 Å². The minimum atomic E-state index is 0.868. The Morgan fingerprint density at radius 2 is 1.54 bits per heavy atom. The van der Waals surface area contributed by atoms with Crippen LogP contribution in [-0.2, 0) is 0 Å². The normalized spacial score (nSPS) is 11.2. The van der Waals surface area contributed by atoms with Gasteiger partial charge in [0.05, 0.1) is 23.0 Å². The van der Waals surface area contributed by atoms with E-state index < -0.39 is 0 Å². The van der Waals surface area contributed by atoms with Crippen LogP contribution in [-0.4, -0.2) is 28.2 Å². The van der Waals surface area contributed by atoms with Gasteiger partial charge in [-0.2, -0.15) is 0 Å². The Morgan fingerprint density at radius 3 is 2.25 bits per heavy atom. The number of methoxy groups -OCH3 is 1. The highest BCUT2D eigenvalue weighted by atomic mass is 79.9. The lowest BCUT2D eigenvalue weighted by atomic mass is 10.2. The van der Waals surface area contributed by atoms with Gasteiger partial charge in [0.25, 0.3) is 0 Å². The maximum absolute atomic E-state index is 5.79. The molecule has 2 aromatic carbocycles. The molecule has 0 amide bonds. The largest absolute Gasteiger partial charge is 0.495 e. The smallest absolute Gasteiger partial charge is 0.143 e. The van der Waals surface area contributed by atoms with Crippen LogP contribution in [0, 0.1) is 0 Å². The third-order valence-electron chi connectivity index (χ3n) is 4.34. The number of benzene rings is 2. The summed E-state index contributed by atoms with van der Waals surface area (Å²) in [6, 6.07) is 16.4. The number of nitrogens with zero attached hydrogens (tertiary/aromatic N) is 2. The lowest BCUT2D eigenvalue weighted by Gasteiger charge is -2.15. The molecule has 2 heterocycles. The summed E-state index contributed by atoms with van der Waals surface area (Å²) < 4.78 is 5.79. The molecule has 0 unspecified atom stereocenters. The van der Waals surface area contributed by atoms with Gasteiger partial charge in [0, 0.05) is 38.3 Å². The Bertz CT molecular complexity index is 1120. The van der Waals surface area contributed by atoms with Crippen LogP contribution < -0.4 is 4.74 Å². The van der Waals surface area contributed by atoms with Gasteiger partial charge in [-0.25, -0.2) is 0 Å². The third kappa shape index (κ3) is 4.00. The Labute approximate surface area is 181 Å². The van der Waals surface area contributed by atoms with Crippen molar-refractivity contribution < 1.29 is 4.74 Å². The molecule has 0 aliphatic carbocycles. The van der Waals surface area contributed by atoms with E-state index in [-0.39, 0.29) is 0 Å². The van der Waals surface area contributed by atoms with Crippen LogP contribution in [0.3, 0.4) is 0 Å². The van der Waals surface area contributed by atoms with E-state index in [1.165, 1.54) is 9.79 Å². The molecule has 28 heavy (non-hydrogen) atoms. The molecule has 2 aromatic heterocycles. The Kier molecular flexibility index (Phi) is 6.40. The van der Waals surface area contributed by atoms with E-state index in [1.54, 1.807) is 18.9 Å². The fourth-order valence-corrected chi connectivity index (χ4v) is 5.91. The summed E-state index contributed by atoms with van der Waals surface area (Å²) in [7, 11) is 1.72. The topological polar surface area (TPSA) is 35.0 Å². The summed E-state index contributed by atoms with van der Waals surface area (Å²) in [6.07, 6.45) is 5.01. The monoisotopic (exact) mass is 470 g/mol. The van der Waals surface area contributed by atoms with Crippen LogP contribution in [0.1, 0.15) is 6.42 Å². The molecule has 0 saturated heterocycles. The molecule has 0 aliphatic heterocycles. The van der Waals surface area contributed by atoms with E-state index in [4.69, 9.17) is 4.74 Å². The predicted octanol–water partition coefficient (Wildman–Crippen LogP) is 6.82. The molecule has 0 radical (unpaired) electrons. The highest BCUT2D eigenvalue weighted by Gasteiger charge is 2.16. The van der Waals surface area contributed by atoms with E-state index in [9.17, 15) is 0 Å². The number of thioether (sulfide) groups is 1. The number of pyridine rings is 2. The first-order valence-electron chi connectivity index (χ1n) is 8.98. The second kappa shape index (κ2) is 9.16. The molecule has 4 rings (SSSR count). The second-order valence-corrected chi connectivity index (χ2v) is 9.12. The van der Waals surface area contributed by atoms with Crippen LogP contribution in [0.5, 0.6) is 5.75 Å². The van der Waals surface area contributed by atoms with Crippen molar-refractivity contribution in [1.29, 1.82) is 0 Å². The van der Waals surface area contributed by atoms with E-state index >= 15 is 0 Å². The molecule has 0 spiro atoms. The van der Waals surface area contributed by atoms with E-state index in [2.05, 4.69) is 50.2 Å². The standard InChI is InChI=1S/C22H19BrN2OS2/c1-26-21-15-7-2-4-9-17(15)24-13-19(21)28-22-16-8-3-5-10-18(16)25-14-20(22)27-12-6-11-23/h2-5,7-10,13-14H,6,11-12H2,1H3. The van der Waals surface area contributed by atoms with Crippen molar-refractivity contribution in [3.63, 3.8) is 0 Å². The first-order chi connectivity index (χ1) is 13.8. The van der Waals surface area contributed by atoms with Crippen LogP contribution in [0.15, 0.2) is 75.6 Å². The van der Waals surface area contributed by atoms with Gasteiger partial charge in [0.1, 0.15) is 5.75 Å². The first-order valence-corrected chi connectivity index (χ1v) is 11.9. The fraction of sp³-hybridized carbons (Fsp3) is 0.182. The molecule has 3 nitrogen and oxygen atoms in total. The number of hydrogen-bond donors (Lipinski definition) is 0. The minimum absolute atomic E-state index is 0.868. The summed E-state index contributed by atoms with van der Waals surface area (Å²) in [5.41, 5.74) is 1.94. The quantitative estimate of drug-likeness (QED) is 0.168. The molecule has 0 bridgehead atoms. The van der Waals surface area contributed by atoms with Gasteiger partial charge >= 0.3 is 0 Å². The van der Waals surface area contributed by atoms with Gasteiger partial charge in [0.2, 0.25) is 0 Å². The summed E-state index contributed by atoms with van der Waals surface area (Å²) >= 11 is 7.07. The summed E-state index contributed by atoms with van der Waals surface area (Å²) in [5.74, 6) is 1.92. The number of ether oxygens (including phenoxy) is 1. The first kappa shape index (κ1) is 19.6. The van der Waals surface area contributed by atoms with E-state index in [0.717, 1.165) is 50.0 Å². The molecule has 0 fully saturated rings. The van der Waals surface area contributed by atoms with Crippen molar-refractivity contribution in [3.8, 4) is 5.75 Å². The van der Waals surface area contributed by atoms with Crippen molar-refractivity contribution >= 4 is 61.3 Å². The minimum Gasteiger partial charge on any atom is -0.495 e. The Hall–Kier alpha value is -1.76. The fourth-order valence-electron chi connectivity index (χ4n) is 3.03. The van der Waals surface area contributed by atoms with Crippen molar-refractivity contribution in [2.24, 2.45) is 0 Å². The number of hydrogen-bond acceptors (Lipinski definition) is 5. The average molecular weight is 471 g/mol. The summed E-state index contributed by atoms with van der Waals surface area (Å²) in [4.78, 5) is 12.7. The van der Waals surface area contributed by atoms with Crippen LogP contribution in [0.2, 0.25) is 0 Å². The summed E-state index contributed by atoms with van der Waals surface area (Å²) in [5, 5.41) is 3.19. The lowest BCUT2D eigenvalue weighted by molar-refractivity contribution is 0.409.